The second-order valence-corrected chi connectivity index (χ2v) is 34.6. The Kier molecular flexibility index (Phi) is 14.0. The lowest BCUT2D eigenvalue weighted by Gasteiger charge is -2.53. The van der Waals surface area contributed by atoms with Gasteiger partial charge in [-0.05, 0) is 93.0 Å². The van der Waals surface area contributed by atoms with Gasteiger partial charge in [-0.15, -0.1) is 0 Å². The lowest BCUT2D eigenvalue weighted by atomic mass is 9.62. The Morgan fingerprint density at radius 3 is 0.445 bits per heavy atom. The summed E-state index contributed by atoms with van der Waals surface area (Å²) in [5.74, 6) is 1.41. The van der Waals surface area contributed by atoms with E-state index in [0.29, 0.717) is 89.7 Å². The fourth-order valence-corrected chi connectivity index (χ4v) is 23.3. The minimum atomic E-state index is -1.32. The Bertz CT molecular complexity index is 7310. The Morgan fingerprint density at radius 1 is 0.148 bits per heavy atom. The van der Waals surface area contributed by atoms with Gasteiger partial charge in [0.1, 0.15) is 22.6 Å². The number of H-pyrrole nitrogens is 2. The molecule has 4 aliphatic carbocycles. The highest BCUT2D eigenvalue weighted by atomic mass is 17.2. The number of fused-ring (bicyclic) bond motifs is 24. The summed E-state index contributed by atoms with van der Waals surface area (Å²) in [6, 6.07) is 134. The Balaban J connectivity index is 0.797. The molecule has 13 heterocycles. The van der Waals surface area contributed by atoms with E-state index >= 15 is 0 Å². The molecule has 0 saturated carbocycles. The maximum Gasteiger partial charge on any atom is 0.179 e. The molecule has 16 nitrogen and oxygen atoms in total. The second-order valence-electron chi connectivity index (χ2n) is 34.6. The van der Waals surface area contributed by atoms with E-state index in [1.54, 1.807) is 0 Å². The molecule has 8 unspecified atom stereocenters. The first-order chi connectivity index (χ1) is 63.3. The van der Waals surface area contributed by atoms with Crippen molar-refractivity contribution in [2.45, 2.75) is 44.8 Å². The summed E-state index contributed by atoms with van der Waals surface area (Å²) in [5.41, 5.74) is 15.1. The molecule has 33 rings (SSSR count). The van der Waals surface area contributed by atoms with Gasteiger partial charge < -0.3 is 9.97 Å². The van der Waals surface area contributed by atoms with Crippen LogP contribution in [0.1, 0.15) is 134 Å². The molecule has 14 aliphatic rings. The van der Waals surface area contributed by atoms with Gasteiger partial charge in [-0.2, -0.15) is 0 Å². The quantitative estimate of drug-likeness (QED) is 0.137. The van der Waals surface area contributed by atoms with Gasteiger partial charge in [-0.1, -0.05) is 340 Å². The lowest BCUT2D eigenvalue weighted by molar-refractivity contribution is -0.410. The van der Waals surface area contributed by atoms with E-state index in [0.717, 1.165) is 134 Å². The molecule has 16 aromatic carbocycles. The van der Waals surface area contributed by atoms with E-state index in [4.69, 9.17) is 69.0 Å². The first kappa shape index (κ1) is 70.9. The summed E-state index contributed by atoms with van der Waals surface area (Å²) in [4.78, 5) is 102. The normalized spacial score (nSPS) is 23.6. The molecule has 0 radical (unpaired) electrons. The molecule has 16 bridgehead atoms. The Morgan fingerprint density at radius 2 is 0.289 bits per heavy atom. The molecular formula is C112H66N8O8. The molecule has 8 atom stereocenters. The minimum Gasteiger partial charge on any atom is -0.324 e. The summed E-state index contributed by atoms with van der Waals surface area (Å²) < 4.78 is 0. The maximum absolute atomic E-state index is 7.27. The predicted octanol–water partition coefficient (Wildman–Crippen LogP) is 22.3. The number of hydrogen-bond donors (Lipinski definition) is 2. The molecule has 0 amide bonds. The van der Waals surface area contributed by atoms with Gasteiger partial charge in [-0.3, -0.25) is 0 Å². The average molecular weight is 1650 g/mol. The maximum atomic E-state index is 7.27. The summed E-state index contributed by atoms with van der Waals surface area (Å²) in [5, 5.41) is 2.82. The molecule has 0 saturated heterocycles. The zero-order chi connectivity index (χ0) is 83.7. The third kappa shape index (κ3) is 8.61. The average Bonchev–Trinajstić information content (AvgIpc) is 0.974. The van der Waals surface area contributed by atoms with Crippen molar-refractivity contribution >= 4 is 44.1 Å². The zero-order valence-corrected chi connectivity index (χ0v) is 67.9. The monoisotopic (exact) mass is 1650 g/mol. The molecule has 3 aromatic heterocycles. The fraction of sp³-hybridized carbons (Fsp3) is 0.0714. The van der Waals surface area contributed by atoms with E-state index in [9.17, 15) is 0 Å². The summed E-state index contributed by atoms with van der Waals surface area (Å²) in [6.07, 6.45) is 0. The van der Waals surface area contributed by atoms with Crippen LogP contribution in [0.2, 0.25) is 0 Å². The number of nitrogens with zero attached hydrogens (tertiary/aromatic N) is 6. The number of hydrogen-bond acceptors (Lipinski definition) is 14. The van der Waals surface area contributed by atoms with E-state index in [1.807, 2.05) is 146 Å². The molecule has 2 N–H and O–H groups in total. The van der Waals surface area contributed by atoms with E-state index in [1.165, 1.54) is 0 Å². The first-order valence-corrected chi connectivity index (χ1v) is 43.2. The number of benzene rings is 16. The molecule has 0 fully saturated rings. The van der Waals surface area contributed by atoms with Crippen LogP contribution >= 0.6 is 0 Å². The van der Waals surface area contributed by atoms with Crippen LogP contribution in [0.5, 0.6) is 0 Å². The van der Waals surface area contributed by atoms with Crippen LogP contribution < -0.4 is 0 Å². The van der Waals surface area contributed by atoms with Gasteiger partial charge in [0.25, 0.3) is 0 Å². The van der Waals surface area contributed by atoms with Crippen LogP contribution in [0, 0.1) is 0 Å². The largest absolute Gasteiger partial charge is 0.324 e. The highest BCUT2D eigenvalue weighted by Crippen LogP contribution is 2.68. The van der Waals surface area contributed by atoms with Crippen LogP contribution in [-0.2, 0) is 83.9 Å². The molecule has 128 heavy (non-hydrogen) atoms. The lowest BCUT2D eigenvalue weighted by Crippen LogP contribution is -2.53. The molecule has 19 aromatic rings. The van der Waals surface area contributed by atoms with Crippen molar-refractivity contribution in [3.63, 3.8) is 0 Å². The van der Waals surface area contributed by atoms with Crippen molar-refractivity contribution in [2.75, 3.05) is 0 Å². The first-order valence-electron chi connectivity index (χ1n) is 43.2. The van der Waals surface area contributed by atoms with Crippen molar-refractivity contribution in [3.8, 4) is 45.6 Å². The van der Waals surface area contributed by atoms with Crippen LogP contribution in [-0.4, -0.2) is 39.9 Å². The van der Waals surface area contributed by atoms with E-state index < -0.39 is 44.8 Å². The molecule has 0 spiro atoms. The zero-order valence-electron chi connectivity index (χ0n) is 67.9. The summed E-state index contributed by atoms with van der Waals surface area (Å²) >= 11 is 0. The van der Waals surface area contributed by atoms with Gasteiger partial charge >= 0.3 is 0 Å². The predicted molar refractivity (Wildman–Crippen MR) is 481 cm³/mol. The number of nitrogens with one attached hydrogen (secondary N) is 2. The van der Waals surface area contributed by atoms with E-state index in [-0.39, 0.29) is 0 Å². The van der Waals surface area contributed by atoms with Gasteiger partial charge in [-0.25, -0.2) is 69.0 Å². The third-order valence-electron chi connectivity index (χ3n) is 28.8. The fourth-order valence-electron chi connectivity index (χ4n) is 23.3. The van der Waals surface area contributed by atoms with Gasteiger partial charge in [0.05, 0.1) is 0 Å². The van der Waals surface area contributed by atoms with Crippen molar-refractivity contribution in [3.05, 3.63) is 522 Å². The SMILES string of the molecule is c1ccc(C23OOC(c4ccccc4)(c4ccccc42)c2cc4c(cc23)-c2nc-4nc3[nH]c(nc4nc(nc5[nH]c(n2)c2cc6c(cc52)C2(c5ccccc5)OOC6(c5ccccc5)c5ccccc52)-c2cc5c(cc2-4)C2(c4ccccc4)OOC5(c4ccccc4)c4ccccc42)c2cc4c(cc32)C2(c3ccccc3)OOC4(c3ccccc3)c3ccccc32)cc1. The van der Waals surface area contributed by atoms with E-state index in [2.05, 4.69) is 253 Å². The Hall–Kier alpha value is -15.4. The van der Waals surface area contributed by atoms with Crippen LogP contribution in [0.3, 0.4) is 0 Å². The van der Waals surface area contributed by atoms with Crippen LogP contribution in [0.4, 0.5) is 0 Å². The molecular weight excluding hydrogens is 1590 g/mol. The number of aromatic nitrogens is 8. The van der Waals surface area contributed by atoms with Gasteiger partial charge in [0.2, 0.25) is 0 Å². The third-order valence-corrected chi connectivity index (χ3v) is 28.8. The van der Waals surface area contributed by atoms with Crippen molar-refractivity contribution in [1.82, 2.24) is 39.9 Å². The number of rotatable bonds is 8. The topological polar surface area (TPSA) is 183 Å². The summed E-state index contributed by atoms with van der Waals surface area (Å²) in [6.45, 7) is 0. The van der Waals surface area contributed by atoms with Crippen LogP contribution in [0.15, 0.2) is 388 Å². The highest BCUT2D eigenvalue weighted by Gasteiger charge is 2.66. The smallest absolute Gasteiger partial charge is 0.179 e. The van der Waals surface area contributed by atoms with Crippen LogP contribution in [0.25, 0.3) is 89.7 Å². The summed E-state index contributed by atoms with van der Waals surface area (Å²) in [7, 11) is 0. The Labute approximate surface area is 730 Å². The molecule has 602 valence electrons. The van der Waals surface area contributed by atoms with Gasteiger partial charge in [0, 0.05) is 133 Å². The van der Waals surface area contributed by atoms with Crippen molar-refractivity contribution in [1.29, 1.82) is 0 Å². The minimum absolute atomic E-state index is 0.353. The number of aromatic amines is 2. The highest BCUT2D eigenvalue weighted by molar-refractivity contribution is 6.09. The van der Waals surface area contributed by atoms with Gasteiger partial charge in [0.15, 0.2) is 68.1 Å². The van der Waals surface area contributed by atoms with Crippen molar-refractivity contribution in [2.24, 2.45) is 0 Å². The standard InChI is InChI=1S/C112H66N8O8/c1-9-33-65(34-10-1)105-81-49-25-26-50-82(81)106(122-121-105,66-35-11-2-12-36-66)90-58-74-73(57-89(90)105)97-113-98(74)118-100-77-61-93-94(110(70-43-19-6-20-44-70)86-54-30-29-53-85(86)109(93,125-126-110)69-41-17-5-18-42-69)62-78(77)102(115-100)120-104-80-64-96-95(111(71-45-21-7-22-46-71)87-55-31-32-56-88(87)112(96,128-127-111)72-47-23-8-24-48-72)63-79(80)103(116-104)119-101-76-60-92-91(59-75(76)99(114-101)117-97)107(67-37-13-3-14-38-67)83-51-27-28-52-84(83)108(92,124-123-107)68-39-15-4-16-40-68/h1-64H,(H2,113,114,115,116,117,118,119,120). The second kappa shape index (κ2) is 25.2. The molecule has 10 aliphatic heterocycles. The van der Waals surface area contributed by atoms with Crippen molar-refractivity contribution < 1.29 is 39.1 Å². The molecule has 16 heteroatoms.